The van der Waals surface area contributed by atoms with Gasteiger partial charge in [-0.3, -0.25) is 14.5 Å². The van der Waals surface area contributed by atoms with Gasteiger partial charge in [-0.15, -0.1) is 11.3 Å². The second-order valence-corrected chi connectivity index (χ2v) is 11.6. The third kappa shape index (κ3) is 4.02. The van der Waals surface area contributed by atoms with Crippen LogP contribution in [0.5, 0.6) is 0 Å². The van der Waals surface area contributed by atoms with Crippen LogP contribution in [0.4, 0.5) is 32.2 Å². The zero-order valence-electron chi connectivity index (χ0n) is 21.1. The Labute approximate surface area is 229 Å². The molecule has 40 heavy (non-hydrogen) atoms. The molecule has 1 aromatic carbocycles. The van der Waals surface area contributed by atoms with Crippen molar-refractivity contribution in [1.29, 1.82) is 0 Å². The molecule has 1 fully saturated rings. The average molecular weight is 580 g/mol. The highest BCUT2D eigenvalue weighted by Gasteiger charge is 2.58. The van der Waals surface area contributed by atoms with E-state index in [0.29, 0.717) is 41.9 Å². The van der Waals surface area contributed by atoms with E-state index >= 15 is 0 Å². The summed E-state index contributed by atoms with van der Waals surface area (Å²) in [6, 6.07) is 3.73. The average Bonchev–Trinajstić information content (AvgIpc) is 3.46. The van der Waals surface area contributed by atoms with Crippen LogP contribution >= 0.6 is 11.3 Å². The van der Waals surface area contributed by atoms with Gasteiger partial charge in [0.15, 0.2) is 11.6 Å². The number of alkyl halides is 3. The monoisotopic (exact) mass is 579 g/mol. The van der Waals surface area contributed by atoms with Crippen molar-refractivity contribution in [3.63, 3.8) is 0 Å². The van der Waals surface area contributed by atoms with Gasteiger partial charge in [0.1, 0.15) is 24.2 Å². The summed E-state index contributed by atoms with van der Waals surface area (Å²) in [5, 5.41) is 1.93. The molecular weight excluding hydrogens is 556 g/mol. The summed E-state index contributed by atoms with van der Waals surface area (Å²) in [5.74, 6) is -6.76. The Kier molecular flexibility index (Phi) is 6.24. The van der Waals surface area contributed by atoms with E-state index in [1.807, 2.05) is 11.4 Å². The van der Waals surface area contributed by atoms with E-state index in [4.69, 9.17) is 0 Å². The minimum atomic E-state index is -4.83. The zero-order valence-corrected chi connectivity index (χ0v) is 22.0. The van der Waals surface area contributed by atoms with Crippen molar-refractivity contribution in [3.05, 3.63) is 80.9 Å². The van der Waals surface area contributed by atoms with Gasteiger partial charge in [-0.05, 0) is 67.8 Å². The molecule has 4 atom stereocenters. The second kappa shape index (κ2) is 9.32. The Hall–Kier alpha value is -3.41. The zero-order chi connectivity index (χ0) is 28.6. The molecule has 1 aliphatic carbocycles. The fourth-order valence-electron chi connectivity index (χ4n) is 6.61. The number of nitrogens with zero attached hydrogens (tertiary/aromatic N) is 3. The molecule has 5 nitrogen and oxygen atoms in total. The van der Waals surface area contributed by atoms with Gasteiger partial charge >= 0.3 is 6.18 Å². The summed E-state index contributed by atoms with van der Waals surface area (Å²) in [5.41, 5.74) is -0.295. The Morgan fingerprint density at radius 3 is 2.60 bits per heavy atom. The number of hydrogen-bond acceptors (Lipinski definition) is 4. The minimum absolute atomic E-state index is 0.143. The van der Waals surface area contributed by atoms with Gasteiger partial charge in [-0.25, -0.2) is 18.2 Å². The van der Waals surface area contributed by atoms with Crippen LogP contribution in [0.15, 0.2) is 41.9 Å². The first kappa shape index (κ1) is 26.8. The number of likely N-dealkylation sites (tertiary alicyclic amines) is 1. The molecule has 1 saturated heterocycles. The van der Waals surface area contributed by atoms with Gasteiger partial charge in [0.25, 0.3) is 0 Å². The lowest BCUT2D eigenvalue weighted by atomic mass is 9.70. The first-order chi connectivity index (χ1) is 18.9. The van der Waals surface area contributed by atoms with E-state index in [9.17, 15) is 35.9 Å². The first-order valence-corrected chi connectivity index (χ1v) is 13.7. The van der Waals surface area contributed by atoms with Crippen LogP contribution in [-0.2, 0) is 27.8 Å². The van der Waals surface area contributed by atoms with E-state index in [0.717, 1.165) is 15.3 Å². The maximum absolute atomic E-state index is 15.0. The SMILES string of the molecule is CC1C(c2c(F)ccc(F)c2F)CC(N2C(=O)C3(CCc4sccc4C3)c3cccnc32)C(=O)N1CC(F)(F)F. The van der Waals surface area contributed by atoms with Gasteiger partial charge in [-0.2, -0.15) is 13.2 Å². The largest absolute Gasteiger partial charge is 0.406 e. The second-order valence-electron chi connectivity index (χ2n) is 10.6. The van der Waals surface area contributed by atoms with Crippen molar-refractivity contribution in [2.45, 2.75) is 62.2 Å². The fraction of sp³-hybridized carbons (Fsp3) is 0.393. The molecule has 6 rings (SSSR count). The number of fused-ring (bicyclic) bond motifs is 3. The fourth-order valence-corrected chi connectivity index (χ4v) is 7.52. The van der Waals surface area contributed by atoms with Gasteiger partial charge in [0, 0.05) is 34.2 Å². The van der Waals surface area contributed by atoms with Gasteiger partial charge < -0.3 is 4.90 Å². The number of carbonyl (C=O) groups excluding carboxylic acids is 2. The molecule has 3 aromatic rings. The molecule has 2 aromatic heterocycles. The smallest absolute Gasteiger partial charge is 0.328 e. The molecular formula is C28H23F6N3O2S. The summed E-state index contributed by atoms with van der Waals surface area (Å²) in [6.45, 7) is -0.452. The standard InChI is InChI=1S/C28H23F6N3O2S/c1-14-16(22-18(29)4-5-19(30)23(22)31)11-20(25(38)36(14)13-28(32,33)34)37-24-17(3-2-9-35-24)27(26(37)39)8-6-21-15(12-27)7-10-40-21/h2-5,7,9-10,14,16,20H,6,8,11-13H2,1H3. The maximum Gasteiger partial charge on any atom is 0.406 e. The van der Waals surface area contributed by atoms with Crippen LogP contribution in [0, 0.1) is 17.5 Å². The highest BCUT2D eigenvalue weighted by molar-refractivity contribution is 7.10. The number of aromatic nitrogens is 1. The third-order valence-corrected chi connectivity index (χ3v) is 9.52. The summed E-state index contributed by atoms with van der Waals surface area (Å²) in [4.78, 5) is 35.2. The number of aryl methyl sites for hydroxylation is 1. The summed E-state index contributed by atoms with van der Waals surface area (Å²) in [6.07, 6.45) is -2.48. The molecule has 0 saturated carbocycles. The molecule has 0 bridgehead atoms. The number of amides is 2. The van der Waals surface area contributed by atoms with Crippen molar-refractivity contribution in [1.82, 2.24) is 9.88 Å². The number of pyridine rings is 1. The van der Waals surface area contributed by atoms with E-state index < -0.39 is 77.4 Å². The van der Waals surface area contributed by atoms with Crippen LogP contribution in [0.1, 0.15) is 47.3 Å². The number of benzene rings is 1. The predicted molar refractivity (Wildman–Crippen MR) is 134 cm³/mol. The molecule has 2 aliphatic heterocycles. The van der Waals surface area contributed by atoms with E-state index in [-0.39, 0.29) is 5.82 Å². The quantitative estimate of drug-likeness (QED) is 0.297. The number of carbonyl (C=O) groups is 2. The molecule has 1 spiro atoms. The molecule has 2 amide bonds. The highest BCUT2D eigenvalue weighted by atomic mass is 32.1. The Balaban J connectivity index is 1.47. The maximum atomic E-state index is 15.0. The van der Waals surface area contributed by atoms with Crippen LogP contribution in [0.2, 0.25) is 0 Å². The molecule has 12 heteroatoms. The highest BCUT2D eigenvalue weighted by Crippen LogP contribution is 2.51. The van der Waals surface area contributed by atoms with E-state index in [2.05, 4.69) is 4.98 Å². The summed E-state index contributed by atoms with van der Waals surface area (Å²) in [7, 11) is 0. The van der Waals surface area contributed by atoms with E-state index in [1.165, 1.54) is 13.1 Å². The van der Waals surface area contributed by atoms with Crippen molar-refractivity contribution in [3.8, 4) is 0 Å². The lowest BCUT2D eigenvalue weighted by Crippen LogP contribution is -2.61. The molecule has 3 aliphatic rings. The van der Waals surface area contributed by atoms with Gasteiger partial charge in [0.05, 0.1) is 5.41 Å². The number of thiophene rings is 1. The Morgan fingerprint density at radius 1 is 1.10 bits per heavy atom. The van der Waals surface area contributed by atoms with Crippen LogP contribution in [0.25, 0.3) is 0 Å². The van der Waals surface area contributed by atoms with Crippen LogP contribution in [-0.4, -0.2) is 46.5 Å². The summed E-state index contributed by atoms with van der Waals surface area (Å²) < 4.78 is 85.1. The Bertz CT molecular complexity index is 1520. The molecule has 4 heterocycles. The lowest BCUT2D eigenvalue weighted by molar-refractivity contribution is -0.170. The van der Waals surface area contributed by atoms with Crippen LogP contribution in [0.3, 0.4) is 0 Å². The van der Waals surface area contributed by atoms with E-state index in [1.54, 1.807) is 23.5 Å². The molecule has 0 N–H and O–H groups in total. The lowest BCUT2D eigenvalue weighted by Gasteiger charge is -2.45. The van der Waals surface area contributed by atoms with Gasteiger partial charge in [-0.1, -0.05) is 6.07 Å². The number of piperidine rings is 1. The number of anilines is 1. The predicted octanol–water partition coefficient (Wildman–Crippen LogP) is 5.67. The minimum Gasteiger partial charge on any atom is -0.328 e. The molecule has 210 valence electrons. The van der Waals surface area contributed by atoms with Crippen LogP contribution < -0.4 is 4.90 Å². The topological polar surface area (TPSA) is 53.5 Å². The van der Waals surface area contributed by atoms with Crippen molar-refractivity contribution >= 4 is 29.0 Å². The van der Waals surface area contributed by atoms with Crippen molar-refractivity contribution in [2.75, 3.05) is 11.4 Å². The number of rotatable bonds is 3. The third-order valence-electron chi connectivity index (χ3n) is 8.50. The number of halogens is 6. The van der Waals surface area contributed by atoms with Crippen molar-refractivity contribution < 1.29 is 35.9 Å². The van der Waals surface area contributed by atoms with Gasteiger partial charge in [0.2, 0.25) is 11.8 Å². The molecule has 0 radical (unpaired) electrons. The first-order valence-electron chi connectivity index (χ1n) is 12.8. The normalized spacial score (nSPS) is 26.4. The summed E-state index contributed by atoms with van der Waals surface area (Å²) >= 11 is 1.58. The van der Waals surface area contributed by atoms with Crippen molar-refractivity contribution in [2.24, 2.45) is 0 Å². The number of hydrogen-bond donors (Lipinski definition) is 0. The Morgan fingerprint density at radius 2 is 1.85 bits per heavy atom. The molecule has 4 unspecified atom stereocenters.